The van der Waals surface area contributed by atoms with Crippen molar-refractivity contribution in [2.45, 2.75) is 6.36 Å². The Labute approximate surface area is 188 Å². The van der Waals surface area contributed by atoms with Crippen molar-refractivity contribution in [2.75, 3.05) is 5.32 Å². The molecule has 0 aliphatic carbocycles. The molecule has 0 radical (unpaired) electrons. The van der Waals surface area contributed by atoms with Gasteiger partial charge in [0, 0.05) is 16.7 Å². The molecule has 0 saturated heterocycles. The van der Waals surface area contributed by atoms with E-state index in [1.54, 1.807) is 0 Å². The Bertz CT molecular complexity index is 1340. The fourth-order valence-corrected chi connectivity index (χ4v) is 3.04. The smallest absolute Gasteiger partial charge is 0.386 e. The molecule has 0 fully saturated rings. The van der Waals surface area contributed by atoms with Gasteiger partial charge in [0.15, 0.2) is 0 Å². The molecule has 0 bridgehead atoms. The maximum Gasteiger partial charge on any atom is 0.574 e. The highest BCUT2D eigenvalue weighted by Gasteiger charge is 2.33. The van der Waals surface area contributed by atoms with E-state index < -0.39 is 35.3 Å². The summed E-state index contributed by atoms with van der Waals surface area (Å²) in [7, 11) is 0. The van der Waals surface area contributed by atoms with E-state index in [0.717, 1.165) is 36.5 Å². The summed E-state index contributed by atoms with van der Waals surface area (Å²) in [5.74, 6) is -1.21. The molecule has 5 nitrogen and oxygen atoms in total. The number of nitrogens with one attached hydrogen (secondary N) is 1. The molecule has 1 N–H and O–H groups in total. The zero-order valence-corrected chi connectivity index (χ0v) is 16.9. The number of alkyl halides is 3. The number of rotatable bonds is 4. The third kappa shape index (κ3) is 5.37. The number of aromatic nitrogens is 1. The largest absolute Gasteiger partial charge is 0.574 e. The van der Waals surface area contributed by atoms with E-state index in [-0.39, 0.29) is 33.0 Å². The van der Waals surface area contributed by atoms with Crippen LogP contribution in [-0.2, 0) is 0 Å². The van der Waals surface area contributed by atoms with E-state index in [0.29, 0.717) is 0 Å². The molecule has 1 aromatic heterocycles. The lowest BCUT2D eigenvalue weighted by molar-refractivity contribution is -0.276. The molecule has 0 saturated carbocycles. The number of carbonyl (C=O) groups excluding carboxylic acids is 1. The first kappa shape index (κ1) is 23.5. The summed E-state index contributed by atoms with van der Waals surface area (Å²) in [6, 6.07) is 7.67. The van der Waals surface area contributed by atoms with Crippen LogP contribution in [0.15, 0.2) is 42.6 Å². The van der Waals surface area contributed by atoms with Gasteiger partial charge in [-0.1, -0.05) is 23.6 Å². The summed E-state index contributed by atoms with van der Waals surface area (Å²) < 4.78 is 68.9. The zero-order chi connectivity index (χ0) is 24.3. The lowest BCUT2D eigenvalue weighted by Gasteiger charge is -2.12. The summed E-state index contributed by atoms with van der Waals surface area (Å²) in [4.78, 5) is 15.9. The van der Waals surface area contributed by atoms with Gasteiger partial charge in [0.25, 0.3) is 5.91 Å². The van der Waals surface area contributed by atoms with Crippen molar-refractivity contribution >= 4 is 23.2 Å². The number of benzene rings is 2. The lowest BCUT2D eigenvalue weighted by atomic mass is 9.98. The molecule has 0 atom stereocenters. The molecule has 1 heterocycles. The van der Waals surface area contributed by atoms with Crippen molar-refractivity contribution in [3.05, 3.63) is 75.9 Å². The molecule has 3 rings (SSSR count). The van der Waals surface area contributed by atoms with Crippen LogP contribution in [0, 0.1) is 35.3 Å². The monoisotopic (exact) mass is 477 g/mol. The van der Waals surface area contributed by atoms with Gasteiger partial charge in [-0.25, -0.2) is 13.8 Å². The molecule has 0 spiro atoms. The van der Waals surface area contributed by atoms with Crippen LogP contribution < -0.4 is 10.1 Å². The average molecular weight is 478 g/mol. The number of terminal acetylenes is 1. The Hall–Kier alpha value is -4.15. The Kier molecular flexibility index (Phi) is 6.52. The van der Waals surface area contributed by atoms with Gasteiger partial charge in [-0.3, -0.25) is 4.79 Å². The summed E-state index contributed by atoms with van der Waals surface area (Å²) in [5.41, 5.74) is -0.925. The first-order valence-corrected chi connectivity index (χ1v) is 9.13. The molecular weight excluding hydrogens is 469 g/mol. The first-order valence-electron chi connectivity index (χ1n) is 8.75. The summed E-state index contributed by atoms with van der Waals surface area (Å²) in [6.07, 6.45) is 1.09. The van der Waals surface area contributed by atoms with Crippen LogP contribution in [0.2, 0.25) is 5.02 Å². The molecular formula is C22H9ClF5N3O2. The second-order valence-corrected chi connectivity index (χ2v) is 6.74. The highest BCUT2D eigenvalue weighted by atomic mass is 35.5. The van der Waals surface area contributed by atoms with Crippen molar-refractivity contribution < 1.29 is 31.5 Å². The van der Waals surface area contributed by atoms with Crippen LogP contribution in [0.3, 0.4) is 0 Å². The van der Waals surface area contributed by atoms with Crippen molar-refractivity contribution in [1.29, 1.82) is 5.26 Å². The Morgan fingerprint density at radius 2 is 1.85 bits per heavy atom. The quantitative estimate of drug-likeness (QED) is 0.387. The number of nitriles is 1. The van der Waals surface area contributed by atoms with Crippen LogP contribution in [0.5, 0.6) is 5.88 Å². The maximum atomic E-state index is 14.8. The molecule has 11 heteroatoms. The van der Waals surface area contributed by atoms with Crippen LogP contribution in [-0.4, -0.2) is 17.3 Å². The fourth-order valence-electron chi connectivity index (χ4n) is 2.79. The maximum absolute atomic E-state index is 14.8. The van der Waals surface area contributed by atoms with E-state index in [1.165, 1.54) is 12.1 Å². The third-order valence-corrected chi connectivity index (χ3v) is 4.48. The molecule has 0 aliphatic rings. The topological polar surface area (TPSA) is 75.0 Å². The van der Waals surface area contributed by atoms with Crippen LogP contribution in [0.4, 0.5) is 27.6 Å². The Balaban J connectivity index is 1.91. The van der Waals surface area contributed by atoms with Crippen LogP contribution >= 0.6 is 11.6 Å². The van der Waals surface area contributed by atoms with Gasteiger partial charge in [0.2, 0.25) is 5.88 Å². The zero-order valence-electron chi connectivity index (χ0n) is 16.1. The number of nitrogens with zero attached hydrogens (tertiary/aromatic N) is 2. The number of pyridine rings is 1. The second kappa shape index (κ2) is 9.15. The van der Waals surface area contributed by atoms with Crippen molar-refractivity contribution in [3.8, 4) is 35.4 Å². The van der Waals surface area contributed by atoms with E-state index in [2.05, 4.69) is 21.0 Å². The van der Waals surface area contributed by atoms with E-state index in [9.17, 15) is 26.7 Å². The van der Waals surface area contributed by atoms with Gasteiger partial charge in [-0.05, 0) is 30.3 Å². The number of anilines is 1. The van der Waals surface area contributed by atoms with E-state index in [4.69, 9.17) is 23.3 Å². The molecule has 3 aromatic rings. The summed E-state index contributed by atoms with van der Waals surface area (Å²) >= 11 is 6.13. The molecule has 0 unspecified atom stereocenters. The molecule has 1 amide bonds. The van der Waals surface area contributed by atoms with Gasteiger partial charge in [-0.15, -0.1) is 19.6 Å². The summed E-state index contributed by atoms with van der Waals surface area (Å²) in [5, 5.41) is 11.1. The molecule has 33 heavy (non-hydrogen) atoms. The minimum atomic E-state index is -5.07. The van der Waals surface area contributed by atoms with Crippen molar-refractivity contribution in [2.24, 2.45) is 0 Å². The molecule has 0 aliphatic heterocycles. The lowest BCUT2D eigenvalue weighted by Crippen LogP contribution is -2.19. The average Bonchev–Trinajstić information content (AvgIpc) is 2.75. The third-order valence-electron chi connectivity index (χ3n) is 4.17. The second-order valence-electron chi connectivity index (χ2n) is 6.34. The number of ether oxygens (including phenoxy) is 1. The number of carbonyl (C=O) groups is 1. The summed E-state index contributed by atoms with van der Waals surface area (Å²) in [6.45, 7) is 0. The van der Waals surface area contributed by atoms with Crippen molar-refractivity contribution in [1.82, 2.24) is 4.98 Å². The Morgan fingerprint density at radius 1 is 1.12 bits per heavy atom. The minimum absolute atomic E-state index is 0.0680. The molecule has 166 valence electrons. The van der Waals surface area contributed by atoms with Crippen molar-refractivity contribution in [3.63, 3.8) is 0 Å². The standard InChI is InChI=1S/C22H9ClF5N3O2/c1-2-11-5-13(24)3-4-15(11)16-7-18(23)17(8-19(16)25)20(32)31-14-6-12(9-29)21(30-10-14)33-22(26,27)28/h1,3-8,10H,(H,31,32). The van der Waals surface area contributed by atoms with Crippen LogP contribution in [0.25, 0.3) is 11.1 Å². The number of hydrogen-bond acceptors (Lipinski definition) is 4. The normalized spacial score (nSPS) is 10.8. The Morgan fingerprint density at radius 3 is 2.48 bits per heavy atom. The minimum Gasteiger partial charge on any atom is -0.386 e. The fraction of sp³-hybridized carbons (Fsp3) is 0.0455. The van der Waals surface area contributed by atoms with E-state index in [1.807, 2.05) is 0 Å². The number of amides is 1. The highest BCUT2D eigenvalue weighted by Crippen LogP contribution is 2.32. The predicted octanol–water partition coefficient (Wildman–Crippen LogP) is 5.68. The van der Waals surface area contributed by atoms with E-state index >= 15 is 0 Å². The van der Waals surface area contributed by atoms with Crippen LogP contribution in [0.1, 0.15) is 21.5 Å². The number of hydrogen-bond donors (Lipinski definition) is 1. The van der Waals surface area contributed by atoms with Gasteiger partial charge < -0.3 is 10.1 Å². The van der Waals surface area contributed by atoms with Gasteiger partial charge >= 0.3 is 6.36 Å². The number of halogens is 6. The predicted molar refractivity (Wildman–Crippen MR) is 108 cm³/mol. The molecule has 2 aromatic carbocycles. The van der Waals surface area contributed by atoms with Gasteiger partial charge in [0.1, 0.15) is 23.3 Å². The highest BCUT2D eigenvalue weighted by molar-refractivity contribution is 6.34. The first-order chi connectivity index (χ1) is 15.5. The SMILES string of the molecule is C#Cc1cc(F)ccc1-c1cc(Cl)c(C(=O)Nc2cnc(OC(F)(F)F)c(C#N)c2)cc1F. The van der Waals surface area contributed by atoms with Gasteiger partial charge in [0.05, 0.1) is 22.5 Å². The van der Waals surface area contributed by atoms with Gasteiger partial charge in [-0.2, -0.15) is 5.26 Å².